The summed E-state index contributed by atoms with van der Waals surface area (Å²) >= 11 is 6.09. The lowest BCUT2D eigenvalue weighted by atomic mass is 10.2. The summed E-state index contributed by atoms with van der Waals surface area (Å²) in [5.74, 6) is -0.200. The van der Waals surface area contributed by atoms with Crippen LogP contribution in [0.4, 0.5) is 4.39 Å². The van der Waals surface area contributed by atoms with Crippen LogP contribution in [0.15, 0.2) is 54.6 Å². The largest absolute Gasteiger partial charge is 0.337 e. The highest BCUT2D eigenvalue weighted by molar-refractivity contribution is 6.32. The van der Waals surface area contributed by atoms with Crippen LogP contribution >= 0.6 is 11.6 Å². The lowest BCUT2D eigenvalue weighted by molar-refractivity contribution is -0.127. The van der Waals surface area contributed by atoms with E-state index in [-0.39, 0.29) is 11.7 Å². The zero-order chi connectivity index (χ0) is 17.6. The Morgan fingerprint density at radius 2 is 1.72 bits per heavy atom. The topological polar surface area (TPSA) is 23.6 Å². The monoisotopic (exact) mass is 358 g/mol. The van der Waals surface area contributed by atoms with Crippen molar-refractivity contribution in [1.82, 2.24) is 9.80 Å². The molecule has 1 aliphatic rings. The summed E-state index contributed by atoms with van der Waals surface area (Å²) in [5, 5.41) is 0.626. The van der Waals surface area contributed by atoms with E-state index in [1.54, 1.807) is 30.4 Å². The van der Waals surface area contributed by atoms with E-state index in [1.165, 1.54) is 6.07 Å². The molecule has 0 aliphatic carbocycles. The Kier molecular flexibility index (Phi) is 5.84. The molecule has 0 radical (unpaired) electrons. The maximum atomic E-state index is 13.7. The summed E-state index contributed by atoms with van der Waals surface area (Å²) < 4.78 is 13.7. The third-order valence-electron chi connectivity index (χ3n) is 4.35. The van der Waals surface area contributed by atoms with E-state index in [2.05, 4.69) is 4.90 Å². The normalized spacial score (nSPS) is 15.7. The van der Waals surface area contributed by atoms with Crippen LogP contribution in [0.5, 0.6) is 0 Å². The van der Waals surface area contributed by atoms with Crippen LogP contribution in [0.1, 0.15) is 11.1 Å². The molecule has 25 heavy (non-hydrogen) atoms. The molecule has 1 fully saturated rings. The molecule has 2 aromatic carbocycles. The van der Waals surface area contributed by atoms with E-state index in [9.17, 15) is 9.18 Å². The van der Waals surface area contributed by atoms with Crippen molar-refractivity contribution >= 4 is 23.6 Å². The van der Waals surface area contributed by atoms with Gasteiger partial charge in [-0.3, -0.25) is 9.69 Å². The van der Waals surface area contributed by atoms with Crippen molar-refractivity contribution in [1.29, 1.82) is 0 Å². The van der Waals surface area contributed by atoms with Crippen molar-refractivity contribution in [2.45, 2.75) is 6.54 Å². The third-order valence-corrected chi connectivity index (χ3v) is 4.69. The number of halogens is 2. The Bertz CT molecular complexity index is 770. The molecule has 0 spiro atoms. The van der Waals surface area contributed by atoms with Gasteiger partial charge in [0.05, 0.1) is 0 Å². The average Bonchev–Trinajstić information content (AvgIpc) is 2.63. The van der Waals surface area contributed by atoms with E-state index in [0.717, 1.165) is 18.7 Å². The minimum atomic E-state index is -0.177. The number of carbonyl (C=O) groups is 1. The van der Waals surface area contributed by atoms with Crippen LogP contribution in [0.3, 0.4) is 0 Å². The number of rotatable bonds is 4. The van der Waals surface area contributed by atoms with Crippen molar-refractivity contribution in [2.24, 2.45) is 0 Å². The minimum Gasteiger partial charge on any atom is -0.337 e. The van der Waals surface area contributed by atoms with Gasteiger partial charge in [0.15, 0.2) is 0 Å². The van der Waals surface area contributed by atoms with Crippen molar-refractivity contribution in [3.63, 3.8) is 0 Å². The summed E-state index contributed by atoms with van der Waals surface area (Å²) in [7, 11) is 0. The number of piperazine rings is 1. The number of amides is 1. The molecule has 5 heteroatoms. The summed E-state index contributed by atoms with van der Waals surface area (Å²) in [6.45, 7) is 3.32. The molecule has 0 N–H and O–H groups in total. The Morgan fingerprint density at radius 3 is 2.44 bits per heavy atom. The first-order valence-corrected chi connectivity index (χ1v) is 8.68. The summed E-state index contributed by atoms with van der Waals surface area (Å²) in [4.78, 5) is 16.3. The highest BCUT2D eigenvalue weighted by atomic mass is 35.5. The fourth-order valence-corrected chi connectivity index (χ4v) is 3.07. The second-order valence-electron chi connectivity index (χ2n) is 6.05. The summed E-state index contributed by atoms with van der Waals surface area (Å²) in [5.41, 5.74) is 1.52. The molecule has 0 atom stereocenters. The quantitative estimate of drug-likeness (QED) is 0.775. The first-order chi connectivity index (χ1) is 12.1. The third kappa shape index (κ3) is 4.68. The van der Waals surface area contributed by atoms with Gasteiger partial charge in [0.2, 0.25) is 5.91 Å². The fourth-order valence-electron chi connectivity index (χ4n) is 2.87. The van der Waals surface area contributed by atoms with Crippen LogP contribution in [-0.2, 0) is 11.3 Å². The lowest BCUT2D eigenvalue weighted by Crippen LogP contribution is -2.47. The summed E-state index contributed by atoms with van der Waals surface area (Å²) in [6.07, 6.45) is 3.31. The molecule has 2 aromatic rings. The number of carbonyl (C=O) groups excluding carboxylic acids is 1. The Balaban J connectivity index is 1.53. The zero-order valence-corrected chi connectivity index (χ0v) is 14.6. The highest BCUT2D eigenvalue weighted by Gasteiger charge is 2.20. The fraction of sp³-hybridized carbons (Fsp3) is 0.250. The first kappa shape index (κ1) is 17.6. The van der Waals surface area contributed by atoms with Crippen LogP contribution in [0, 0.1) is 5.82 Å². The van der Waals surface area contributed by atoms with Gasteiger partial charge in [-0.15, -0.1) is 0 Å². The van der Waals surface area contributed by atoms with Crippen molar-refractivity contribution < 1.29 is 9.18 Å². The number of hydrogen-bond donors (Lipinski definition) is 0. The van der Waals surface area contributed by atoms with Gasteiger partial charge in [0, 0.05) is 49.4 Å². The molecule has 0 aromatic heterocycles. The Hall–Kier alpha value is -2.17. The SMILES string of the molecule is O=C(/C=C/c1ccccc1Cl)N1CCN(Cc2ccccc2F)CC1. The maximum Gasteiger partial charge on any atom is 0.246 e. The van der Waals surface area contributed by atoms with Gasteiger partial charge in [0.25, 0.3) is 0 Å². The van der Waals surface area contributed by atoms with E-state index < -0.39 is 0 Å². The summed E-state index contributed by atoms with van der Waals surface area (Å²) in [6, 6.07) is 14.2. The molecular formula is C20H20ClFN2O. The first-order valence-electron chi connectivity index (χ1n) is 8.31. The number of hydrogen-bond acceptors (Lipinski definition) is 2. The molecule has 130 valence electrons. The highest BCUT2D eigenvalue weighted by Crippen LogP contribution is 2.17. The molecule has 1 aliphatic heterocycles. The van der Waals surface area contributed by atoms with Gasteiger partial charge in [-0.25, -0.2) is 4.39 Å². The van der Waals surface area contributed by atoms with Gasteiger partial charge < -0.3 is 4.90 Å². The molecule has 0 saturated carbocycles. The van der Waals surface area contributed by atoms with Crippen molar-refractivity contribution in [3.8, 4) is 0 Å². The molecule has 1 saturated heterocycles. The van der Waals surface area contributed by atoms with Crippen molar-refractivity contribution in [3.05, 3.63) is 76.6 Å². The lowest BCUT2D eigenvalue weighted by Gasteiger charge is -2.34. The minimum absolute atomic E-state index is 0.0227. The zero-order valence-electron chi connectivity index (χ0n) is 13.9. The Morgan fingerprint density at radius 1 is 1.04 bits per heavy atom. The number of nitrogens with zero attached hydrogens (tertiary/aromatic N) is 2. The second-order valence-corrected chi connectivity index (χ2v) is 6.45. The van der Waals surface area contributed by atoms with Gasteiger partial charge in [-0.2, -0.15) is 0 Å². The van der Waals surface area contributed by atoms with Crippen LogP contribution in [0.25, 0.3) is 6.08 Å². The number of benzene rings is 2. The molecule has 0 bridgehead atoms. The molecule has 1 heterocycles. The Labute approximate surface area is 152 Å². The van der Waals surface area contributed by atoms with E-state index >= 15 is 0 Å². The van der Waals surface area contributed by atoms with Gasteiger partial charge >= 0.3 is 0 Å². The standard InChI is InChI=1S/C20H20ClFN2O/c21-18-7-3-1-5-16(18)9-10-20(25)24-13-11-23(12-14-24)15-17-6-2-4-8-19(17)22/h1-10H,11-15H2/b10-9+. The molecule has 3 rings (SSSR count). The molecule has 3 nitrogen and oxygen atoms in total. The predicted molar refractivity (Wildman–Crippen MR) is 98.7 cm³/mol. The van der Waals surface area contributed by atoms with E-state index in [4.69, 9.17) is 11.6 Å². The maximum absolute atomic E-state index is 13.7. The van der Waals surface area contributed by atoms with E-state index in [1.807, 2.05) is 29.2 Å². The molecule has 0 unspecified atom stereocenters. The molecule has 1 amide bonds. The van der Waals surface area contributed by atoms with Gasteiger partial charge in [-0.1, -0.05) is 48.0 Å². The van der Waals surface area contributed by atoms with E-state index in [0.29, 0.717) is 30.2 Å². The van der Waals surface area contributed by atoms with Gasteiger partial charge in [0.1, 0.15) is 5.82 Å². The second kappa shape index (κ2) is 8.28. The van der Waals surface area contributed by atoms with Crippen molar-refractivity contribution in [2.75, 3.05) is 26.2 Å². The molecular weight excluding hydrogens is 339 g/mol. The van der Waals surface area contributed by atoms with Crippen LogP contribution in [-0.4, -0.2) is 41.9 Å². The smallest absolute Gasteiger partial charge is 0.246 e. The predicted octanol–water partition coefficient (Wildman–Crippen LogP) is 3.84. The van der Waals surface area contributed by atoms with Gasteiger partial charge in [-0.05, 0) is 23.8 Å². The van der Waals surface area contributed by atoms with Crippen LogP contribution in [0.2, 0.25) is 5.02 Å². The average molecular weight is 359 g/mol. The van der Waals surface area contributed by atoms with Crippen LogP contribution < -0.4 is 0 Å².